The van der Waals surface area contributed by atoms with Crippen molar-refractivity contribution in [2.45, 2.75) is 31.7 Å². The lowest BCUT2D eigenvalue weighted by molar-refractivity contribution is -0.122. The molecule has 1 rings (SSSR count). The third-order valence-electron chi connectivity index (χ3n) is 3.67. The highest BCUT2D eigenvalue weighted by Crippen LogP contribution is 2.18. The van der Waals surface area contributed by atoms with Gasteiger partial charge in [-0.1, -0.05) is 6.42 Å². The van der Waals surface area contributed by atoms with Crippen LogP contribution in [0.3, 0.4) is 0 Å². The second kappa shape index (κ2) is 10.5. The molecule has 0 radical (unpaired) electrons. The Morgan fingerprint density at radius 2 is 2.10 bits per heavy atom. The Bertz CT molecular complexity index is 325. The summed E-state index contributed by atoms with van der Waals surface area (Å²) >= 11 is 0. The van der Waals surface area contributed by atoms with Crippen LogP contribution in [-0.2, 0) is 9.53 Å². The van der Waals surface area contributed by atoms with Crippen molar-refractivity contribution in [1.82, 2.24) is 20.9 Å². The molecule has 7 nitrogen and oxygen atoms in total. The molecule has 0 spiro atoms. The summed E-state index contributed by atoms with van der Waals surface area (Å²) in [4.78, 5) is 25.6. The summed E-state index contributed by atoms with van der Waals surface area (Å²) in [6, 6.07) is -0.0330. The average molecular weight is 300 g/mol. The molecule has 3 amide bonds. The molecule has 1 heterocycles. The van der Waals surface area contributed by atoms with E-state index in [0.717, 1.165) is 32.4 Å². The normalized spacial score (nSPS) is 19.2. The number of nitrogens with zero attached hydrogens (tertiary/aromatic N) is 1. The molecule has 0 aliphatic carbocycles. The molecule has 21 heavy (non-hydrogen) atoms. The number of likely N-dealkylation sites (tertiary alicyclic amines) is 1. The van der Waals surface area contributed by atoms with Crippen molar-refractivity contribution in [1.29, 1.82) is 0 Å². The molecular formula is C14H28N4O3. The van der Waals surface area contributed by atoms with Gasteiger partial charge in [-0.15, -0.1) is 0 Å². The Kier molecular flexibility index (Phi) is 8.96. The Labute approximate surface area is 126 Å². The summed E-state index contributed by atoms with van der Waals surface area (Å²) in [5.41, 5.74) is 0. The summed E-state index contributed by atoms with van der Waals surface area (Å²) in [5.74, 6) is -0.249. The van der Waals surface area contributed by atoms with E-state index in [4.69, 9.17) is 4.74 Å². The summed E-state index contributed by atoms with van der Waals surface area (Å²) in [7, 11) is 3.50. The molecule has 3 N–H and O–H groups in total. The van der Waals surface area contributed by atoms with E-state index in [1.165, 1.54) is 6.42 Å². The Morgan fingerprint density at radius 1 is 1.29 bits per heavy atom. The van der Waals surface area contributed by atoms with Crippen molar-refractivity contribution < 1.29 is 14.3 Å². The highest BCUT2D eigenvalue weighted by Gasteiger charge is 2.24. The lowest BCUT2D eigenvalue weighted by Gasteiger charge is -2.35. The first-order chi connectivity index (χ1) is 10.2. The van der Waals surface area contributed by atoms with Crippen molar-refractivity contribution in [2.75, 3.05) is 46.9 Å². The van der Waals surface area contributed by atoms with Gasteiger partial charge in [0.15, 0.2) is 0 Å². The highest BCUT2D eigenvalue weighted by atomic mass is 16.5. The number of imide groups is 1. The lowest BCUT2D eigenvalue weighted by atomic mass is 9.99. The maximum absolute atomic E-state index is 11.9. The summed E-state index contributed by atoms with van der Waals surface area (Å²) in [6.45, 7) is 2.98. The van der Waals surface area contributed by atoms with Crippen LogP contribution in [0.1, 0.15) is 25.7 Å². The van der Waals surface area contributed by atoms with Gasteiger partial charge in [-0.3, -0.25) is 15.0 Å². The molecule has 1 saturated heterocycles. The summed E-state index contributed by atoms with van der Waals surface area (Å²) < 4.78 is 4.83. The van der Waals surface area contributed by atoms with Gasteiger partial charge in [0.25, 0.3) is 0 Å². The van der Waals surface area contributed by atoms with Crippen molar-refractivity contribution in [3.8, 4) is 0 Å². The first-order valence-corrected chi connectivity index (χ1v) is 7.62. The van der Waals surface area contributed by atoms with Crippen LogP contribution in [0.15, 0.2) is 0 Å². The topological polar surface area (TPSA) is 82.7 Å². The van der Waals surface area contributed by atoms with Crippen LogP contribution in [0, 0.1) is 0 Å². The maximum Gasteiger partial charge on any atom is 0.321 e. The van der Waals surface area contributed by atoms with E-state index in [-0.39, 0.29) is 12.5 Å². The third kappa shape index (κ3) is 7.40. The van der Waals surface area contributed by atoms with E-state index in [2.05, 4.69) is 20.9 Å². The van der Waals surface area contributed by atoms with Crippen LogP contribution < -0.4 is 16.0 Å². The number of hydrogen-bond donors (Lipinski definition) is 3. The molecule has 0 bridgehead atoms. The average Bonchev–Trinajstić information content (AvgIpc) is 2.46. The summed E-state index contributed by atoms with van der Waals surface area (Å²) in [6.07, 6.45) is 4.48. The third-order valence-corrected chi connectivity index (χ3v) is 3.67. The van der Waals surface area contributed by atoms with Gasteiger partial charge in [-0.25, -0.2) is 4.79 Å². The number of carbonyl (C=O) groups excluding carboxylic acids is 2. The Balaban J connectivity index is 2.31. The van der Waals surface area contributed by atoms with E-state index in [1.807, 2.05) is 7.05 Å². The van der Waals surface area contributed by atoms with E-state index in [9.17, 15) is 9.59 Å². The lowest BCUT2D eigenvalue weighted by Crippen LogP contribution is -2.49. The predicted molar refractivity (Wildman–Crippen MR) is 81.2 cm³/mol. The molecule has 0 aromatic carbocycles. The Hall–Kier alpha value is -1.18. The second-order valence-electron chi connectivity index (χ2n) is 5.31. The van der Waals surface area contributed by atoms with Crippen molar-refractivity contribution in [3.05, 3.63) is 0 Å². The van der Waals surface area contributed by atoms with Gasteiger partial charge in [0.1, 0.15) is 0 Å². The first kappa shape index (κ1) is 17.9. The van der Waals surface area contributed by atoms with Crippen LogP contribution in [-0.4, -0.2) is 69.8 Å². The predicted octanol–water partition coefficient (Wildman–Crippen LogP) is -0.0774. The SMILES string of the molecule is CNCCC1CCCCN1CC(=O)NC(=O)NCCOC. The number of urea groups is 1. The minimum absolute atomic E-state index is 0.249. The molecule has 1 aliphatic rings. The number of ether oxygens (including phenoxy) is 1. The minimum Gasteiger partial charge on any atom is -0.383 e. The molecule has 1 fully saturated rings. The number of piperidine rings is 1. The molecule has 0 aromatic heterocycles. The number of rotatable bonds is 8. The standard InChI is InChI=1S/C14H28N4O3/c1-15-7-6-12-5-3-4-9-18(12)11-13(19)17-14(20)16-8-10-21-2/h12,15H,3-11H2,1-2H3,(H2,16,17,19,20). The smallest absolute Gasteiger partial charge is 0.321 e. The summed E-state index contributed by atoms with van der Waals surface area (Å²) in [5, 5.41) is 8.08. The van der Waals surface area contributed by atoms with Crippen LogP contribution in [0.25, 0.3) is 0 Å². The van der Waals surface area contributed by atoms with E-state index in [0.29, 0.717) is 19.2 Å². The van der Waals surface area contributed by atoms with E-state index < -0.39 is 6.03 Å². The molecule has 1 aliphatic heterocycles. The van der Waals surface area contributed by atoms with Crippen LogP contribution >= 0.6 is 0 Å². The monoisotopic (exact) mass is 300 g/mol. The Morgan fingerprint density at radius 3 is 2.81 bits per heavy atom. The number of nitrogens with one attached hydrogen (secondary N) is 3. The fourth-order valence-corrected chi connectivity index (χ4v) is 2.57. The zero-order chi connectivity index (χ0) is 15.5. The zero-order valence-electron chi connectivity index (χ0n) is 13.1. The maximum atomic E-state index is 11.9. The van der Waals surface area contributed by atoms with E-state index >= 15 is 0 Å². The van der Waals surface area contributed by atoms with Gasteiger partial charge >= 0.3 is 6.03 Å². The van der Waals surface area contributed by atoms with Gasteiger partial charge in [0.05, 0.1) is 13.2 Å². The molecule has 0 aromatic rings. The van der Waals surface area contributed by atoms with Crippen molar-refractivity contribution >= 4 is 11.9 Å². The van der Waals surface area contributed by atoms with Gasteiger partial charge in [-0.05, 0) is 39.4 Å². The number of hydrogen-bond acceptors (Lipinski definition) is 5. The van der Waals surface area contributed by atoms with Crippen LogP contribution in [0.4, 0.5) is 4.79 Å². The zero-order valence-corrected chi connectivity index (χ0v) is 13.1. The number of amides is 3. The molecule has 7 heteroatoms. The molecule has 0 saturated carbocycles. The van der Waals surface area contributed by atoms with Crippen molar-refractivity contribution in [2.24, 2.45) is 0 Å². The van der Waals surface area contributed by atoms with Gasteiger partial charge in [-0.2, -0.15) is 0 Å². The molecule has 1 atom stereocenters. The molecule has 1 unspecified atom stereocenters. The van der Waals surface area contributed by atoms with Crippen LogP contribution in [0.2, 0.25) is 0 Å². The van der Waals surface area contributed by atoms with Crippen molar-refractivity contribution in [3.63, 3.8) is 0 Å². The fourth-order valence-electron chi connectivity index (χ4n) is 2.57. The first-order valence-electron chi connectivity index (χ1n) is 7.62. The van der Waals surface area contributed by atoms with Gasteiger partial charge < -0.3 is 15.4 Å². The van der Waals surface area contributed by atoms with Gasteiger partial charge in [0, 0.05) is 19.7 Å². The van der Waals surface area contributed by atoms with E-state index in [1.54, 1.807) is 7.11 Å². The van der Waals surface area contributed by atoms with Crippen LogP contribution in [0.5, 0.6) is 0 Å². The fraction of sp³-hybridized carbons (Fsp3) is 0.857. The minimum atomic E-state index is -0.458. The molecular weight excluding hydrogens is 272 g/mol. The highest BCUT2D eigenvalue weighted by molar-refractivity contribution is 5.95. The molecule has 122 valence electrons. The quantitative estimate of drug-likeness (QED) is 0.546. The van der Waals surface area contributed by atoms with Gasteiger partial charge in [0.2, 0.25) is 5.91 Å². The number of methoxy groups -OCH3 is 1. The number of carbonyl (C=O) groups is 2. The largest absolute Gasteiger partial charge is 0.383 e. The second-order valence-corrected chi connectivity index (χ2v) is 5.31.